The minimum atomic E-state index is 0.0864. The van der Waals surface area contributed by atoms with E-state index in [2.05, 4.69) is 20.1 Å². The van der Waals surface area contributed by atoms with Crippen molar-refractivity contribution >= 4 is 21.9 Å². The van der Waals surface area contributed by atoms with Crippen molar-refractivity contribution in [1.82, 2.24) is 19.7 Å². The summed E-state index contributed by atoms with van der Waals surface area (Å²) < 4.78 is 19.0. The summed E-state index contributed by atoms with van der Waals surface area (Å²) in [6, 6.07) is 3.96. The van der Waals surface area contributed by atoms with Crippen LogP contribution in [-0.4, -0.2) is 39.5 Å². The van der Waals surface area contributed by atoms with E-state index in [1.807, 2.05) is 36.7 Å². The average molecular weight is 418 g/mol. The molecular weight excluding hydrogens is 396 g/mol. The SMILES string of the molecule is COc1cc2c(cc1-c1c(C)noc1C)ncc1[nH]c(=NC#N)n(C[C@H]3CCCO3)c12. The number of nitrogens with zero attached hydrogens (tertiary/aromatic N) is 5. The lowest BCUT2D eigenvalue weighted by atomic mass is 10.0. The van der Waals surface area contributed by atoms with Crippen molar-refractivity contribution in [3.05, 3.63) is 35.4 Å². The van der Waals surface area contributed by atoms with Crippen LogP contribution >= 0.6 is 0 Å². The second-order valence-electron chi connectivity index (χ2n) is 7.70. The molecule has 0 radical (unpaired) electrons. The number of benzene rings is 1. The summed E-state index contributed by atoms with van der Waals surface area (Å²) in [7, 11) is 1.64. The number of ether oxygens (including phenoxy) is 2. The maximum absolute atomic E-state index is 9.19. The predicted molar refractivity (Wildman–Crippen MR) is 113 cm³/mol. The molecule has 0 unspecified atom stereocenters. The third kappa shape index (κ3) is 3.16. The lowest BCUT2D eigenvalue weighted by Gasteiger charge is -2.14. The maximum Gasteiger partial charge on any atom is 0.219 e. The van der Waals surface area contributed by atoms with Crippen LogP contribution in [0.4, 0.5) is 0 Å². The number of fused-ring (bicyclic) bond motifs is 3. The van der Waals surface area contributed by atoms with Crippen LogP contribution in [0.3, 0.4) is 0 Å². The van der Waals surface area contributed by atoms with Crippen molar-refractivity contribution in [2.24, 2.45) is 4.99 Å². The second-order valence-corrected chi connectivity index (χ2v) is 7.70. The summed E-state index contributed by atoms with van der Waals surface area (Å²) in [4.78, 5) is 11.9. The Bertz CT molecular complexity index is 1380. The molecule has 0 aliphatic carbocycles. The topological polar surface area (TPSA) is 114 Å². The van der Waals surface area contributed by atoms with Crippen LogP contribution in [-0.2, 0) is 11.3 Å². The van der Waals surface area contributed by atoms with E-state index >= 15 is 0 Å². The number of aromatic nitrogens is 4. The number of aryl methyl sites for hydroxylation is 2. The molecule has 9 nitrogen and oxygen atoms in total. The summed E-state index contributed by atoms with van der Waals surface area (Å²) >= 11 is 0. The first-order valence-electron chi connectivity index (χ1n) is 10.2. The first-order valence-corrected chi connectivity index (χ1v) is 10.2. The smallest absolute Gasteiger partial charge is 0.219 e. The number of aromatic amines is 1. The van der Waals surface area contributed by atoms with Gasteiger partial charge >= 0.3 is 0 Å². The van der Waals surface area contributed by atoms with Gasteiger partial charge in [-0.05, 0) is 38.8 Å². The van der Waals surface area contributed by atoms with Crippen molar-refractivity contribution < 1.29 is 14.0 Å². The lowest BCUT2D eigenvalue weighted by molar-refractivity contribution is 0.0970. The fourth-order valence-corrected chi connectivity index (χ4v) is 4.42. The van der Waals surface area contributed by atoms with Gasteiger partial charge in [-0.3, -0.25) is 4.98 Å². The van der Waals surface area contributed by atoms with E-state index in [-0.39, 0.29) is 6.10 Å². The van der Waals surface area contributed by atoms with Crippen molar-refractivity contribution in [2.75, 3.05) is 13.7 Å². The van der Waals surface area contributed by atoms with Crippen LogP contribution in [0.25, 0.3) is 33.1 Å². The van der Waals surface area contributed by atoms with Crippen molar-refractivity contribution in [2.45, 2.75) is 39.3 Å². The van der Waals surface area contributed by atoms with Crippen LogP contribution < -0.4 is 10.4 Å². The van der Waals surface area contributed by atoms with Crippen molar-refractivity contribution in [1.29, 1.82) is 5.26 Å². The first kappa shape index (κ1) is 19.3. The lowest BCUT2D eigenvalue weighted by Crippen LogP contribution is -2.25. The van der Waals surface area contributed by atoms with Gasteiger partial charge in [-0.2, -0.15) is 5.26 Å². The maximum atomic E-state index is 9.19. The standard InChI is InChI=1S/C22H22N6O3/c1-12-20(13(2)31-27-12)16-7-17-15(8-19(16)29-3)21-18(9-24-17)26-22(25-11-23)28(21)10-14-5-4-6-30-14/h7-9,14H,4-6,10H2,1-3H3,(H,25,26)/t14-/m1/s1. The number of methoxy groups -OCH3 is 1. The Hall–Kier alpha value is -3.64. The summed E-state index contributed by atoms with van der Waals surface area (Å²) in [5, 5.41) is 14.2. The molecule has 5 rings (SSSR count). The van der Waals surface area contributed by atoms with Crippen molar-refractivity contribution in [3.8, 4) is 23.1 Å². The number of H-pyrrole nitrogens is 1. The number of nitrogens with one attached hydrogen (secondary N) is 1. The minimum Gasteiger partial charge on any atom is -0.496 e. The molecule has 1 atom stereocenters. The summed E-state index contributed by atoms with van der Waals surface area (Å²) in [5.74, 6) is 1.42. The molecule has 0 bridgehead atoms. The molecule has 4 aromatic rings. The zero-order valence-electron chi connectivity index (χ0n) is 17.6. The monoisotopic (exact) mass is 418 g/mol. The number of imidazole rings is 1. The first-order chi connectivity index (χ1) is 15.1. The Morgan fingerprint density at radius 3 is 2.94 bits per heavy atom. The molecule has 1 saturated heterocycles. The number of hydrogen-bond donors (Lipinski definition) is 1. The molecule has 0 amide bonds. The van der Waals surface area contributed by atoms with Gasteiger partial charge in [0, 0.05) is 17.6 Å². The summed E-state index contributed by atoms with van der Waals surface area (Å²) in [5.41, 5.74) is 5.57. The van der Waals surface area contributed by atoms with Gasteiger partial charge in [0.25, 0.3) is 0 Å². The van der Waals surface area contributed by atoms with Gasteiger partial charge < -0.3 is 23.5 Å². The number of pyridine rings is 1. The van der Waals surface area contributed by atoms with E-state index in [9.17, 15) is 5.26 Å². The van der Waals surface area contributed by atoms with E-state index in [4.69, 9.17) is 14.0 Å². The Kier molecular flexibility index (Phi) is 4.71. The van der Waals surface area contributed by atoms with E-state index in [1.54, 1.807) is 13.3 Å². The normalized spacial score (nSPS) is 17.0. The van der Waals surface area contributed by atoms with Crippen LogP contribution in [0.1, 0.15) is 24.3 Å². The van der Waals surface area contributed by atoms with Crippen LogP contribution in [0.2, 0.25) is 0 Å². The highest BCUT2D eigenvalue weighted by Crippen LogP contribution is 2.38. The predicted octanol–water partition coefficient (Wildman–Crippen LogP) is 3.36. The molecule has 1 N–H and O–H groups in total. The van der Waals surface area contributed by atoms with E-state index < -0.39 is 0 Å². The van der Waals surface area contributed by atoms with Gasteiger partial charge in [0.1, 0.15) is 11.5 Å². The highest BCUT2D eigenvalue weighted by Gasteiger charge is 2.22. The van der Waals surface area contributed by atoms with E-state index in [0.29, 0.717) is 17.9 Å². The fourth-order valence-electron chi connectivity index (χ4n) is 4.42. The van der Waals surface area contributed by atoms with E-state index in [1.165, 1.54) is 0 Å². The fraction of sp³-hybridized carbons (Fsp3) is 0.364. The molecule has 1 aliphatic rings. The molecule has 1 fully saturated rings. The Labute approximate surface area is 177 Å². The second kappa shape index (κ2) is 7.56. The molecule has 158 valence electrons. The number of rotatable bonds is 4. The van der Waals surface area contributed by atoms with Gasteiger partial charge in [-0.15, -0.1) is 4.99 Å². The average Bonchev–Trinajstić information content (AvgIpc) is 3.48. The molecule has 0 spiro atoms. The third-order valence-corrected chi connectivity index (χ3v) is 5.80. The molecule has 0 saturated carbocycles. The zero-order chi connectivity index (χ0) is 21.5. The molecule has 4 heterocycles. The Morgan fingerprint density at radius 1 is 1.39 bits per heavy atom. The molecule has 31 heavy (non-hydrogen) atoms. The van der Waals surface area contributed by atoms with Crippen LogP contribution in [0.5, 0.6) is 5.75 Å². The molecule has 1 aromatic carbocycles. The number of nitriles is 1. The highest BCUT2D eigenvalue weighted by molar-refractivity contribution is 6.04. The molecule has 9 heteroatoms. The third-order valence-electron chi connectivity index (χ3n) is 5.80. The molecule has 1 aliphatic heterocycles. The van der Waals surface area contributed by atoms with Gasteiger partial charge in [-0.1, -0.05) is 5.16 Å². The quantitative estimate of drug-likeness (QED) is 0.508. The highest BCUT2D eigenvalue weighted by atomic mass is 16.5. The number of hydrogen-bond acceptors (Lipinski definition) is 7. The van der Waals surface area contributed by atoms with Gasteiger partial charge in [0.2, 0.25) is 11.8 Å². The van der Waals surface area contributed by atoms with Crippen LogP contribution in [0.15, 0.2) is 27.8 Å². The molecule has 3 aromatic heterocycles. The minimum absolute atomic E-state index is 0.0864. The van der Waals surface area contributed by atoms with Gasteiger partial charge in [0.15, 0.2) is 0 Å². The summed E-state index contributed by atoms with van der Waals surface area (Å²) in [6.07, 6.45) is 5.76. The molecular formula is C22H22N6O3. The largest absolute Gasteiger partial charge is 0.496 e. The van der Waals surface area contributed by atoms with Gasteiger partial charge in [0.05, 0.1) is 53.8 Å². The zero-order valence-corrected chi connectivity index (χ0v) is 17.6. The van der Waals surface area contributed by atoms with Crippen molar-refractivity contribution in [3.63, 3.8) is 0 Å². The Morgan fingerprint density at radius 2 is 2.26 bits per heavy atom. The van der Waals surface area contributed by atoms with Gasteiger partial charge in [-0.25, -0.2) is 0 Å². The Balaban J connectivity index is 1.80. The summed E-state index contributed by atoms with van der Waals surface area (Å²) in [6.45, 7) is 5.15. The van der Waals surface area contributed by atoms with Crippen LogP contribution in [0, 0.1) is 25.3 Å². The van der Waals surface area contributed by atoms with E-state index in [0.717, 1.165) is 64.0 Å².